The van der Waals surface area contributed by atoms with Gasteiger partial charge in [-0.1, -0.05) is 19.1 Å². The fourth-order valence-corrected chi connectivity index (χ4v) is 3.01. The minimum Gasteiger partial charge on any atom is -0.314 e. The van der Waals surface area contributed by atoms with Gasteiger partial charge in [-0.3, -0.25) is 0 Å². The Kier molecular flexibility index (Phi) is 6.48. The van der Waals surface area contributed by atoms with Gasteiger partial charge in [-0.15, -0.1) is 0 Å². The first-order chi connectivity index (χ1) is 9.78. The lowest BCUT2D eigenvalue weighted by Crippen LogP contribution is -2.32. The standard InChI is InChI=1S/C17H27FN2/c1-2-11-20-12-4-7-17(9-13-20)19-10-8-15-5-3-6-16(18)14-15/h3,5-6,14,17,19H,2,4,7-13H2,1H3. The maximum atomic E-state index is 13.1. The number of hydrogen-bond donors (Lipinski definition) is 1. The largest absolute Gasteiger partial charge is 0.314 e. The van der Waals surface area contributed by atoms with Crippen LogP contribution < -0.4 is 5.32 Å². The maximum Gasteiger partial charge on any atom is 0.123 e. The Labute approximate surface area is 122 Å². The van der Waals surface area contributed by atoms with Gasteiger partial charge in [-0.2, -0.15) is 0 Å². The molecule has 0 saturated carbocycles. The monoisotopic (exact) mass is 278 g/mol. The molecule has 0 spiro atoms. The zero-order valence-corrected chi connectivity index (χ0v) is 12.6. The van der Waals surface area contributed by atoms with Gasteiger partial charge in [0.2, 0.25) is 0 Å². The average molecular weight is 278 g/mol. The predicted molar refractivity (Wildman–Crippen MR) is 82.5 cm³/mol. The van der Waals surface area contributed by atoms with Crippen molar-refractivity contribution in [2.75, 3.05) is 26.2 Å². The number of hydrogen-bond acceptors (Lipinski definition) is 2. The molecule has 1 saturated heterocycles. The summed E-state index contributed by atoms with van der Waals surface area (Å²) in [4.78, 5) is 2.58. The van der Waals surface area contributed by atoms with Crippen molar-refractivity contribution < 1.29 is 4.39 Å². The molecule has 112 valence electrons. The molecule has 1 aliphatic heterocycles. The normalized spacial score (nSPS) is 20.8. The number of rotatable bonds is 6. The molecule has 0 bridgehead atoms. The van der Waals surface area contributed by atoms with Gasteiger partial charge in [-0.05, 0) is 76.0 Å². The van der Waals surface area contributed by atoms with E-state index in [0.29, 0.717) is 6.04 Å². The summed E-state index contributed by atoms with van der Waals surface area (Å²) >= 11 is 0. The molecular weight excluding hydrogens is 251 g/mol. The lowest BCUT2D eigenvalue weighted by molar-refractivity contribution is 0.283. The van der Waals surface area contributed by atoms with E-state index in [1.165, 1.54) is 51.4 Å². The van der Waals surface area contributed by atoms with E-state index in [9.17, 15) is 4.39 Å². The second-order valence-electron chi connectivity index (χ2n) is 5.80. The highest BCUT2D eigenvalue weighted by molar-refractivity contribution is 5.16. The van der Waals surface area contributed by atoms with Gasteiger partial charge in [0.05, 0.1) is 0 Å². The van der Waals surface area contributed by atoms with Crippen molar-refractivity contribution in [2.24, 2.45) is 0 Å². The minimum absolute atomic E-state index is 0.132. The molecule has 0 radical (unpaired) electrons. The van der Waals surface area contributed by atoms with Crippen molar-refractivity contribution >= 4 is 0 Å². The highest BCUT2D eigenvalue weighted by Crippen LogP contribution is 2.11. The molecule has 1 N–H and O–H groups in total. The number of nitrogens with one attached hydrogen (secondary N) is 1. The average Bonchev–Trinajstić information content (AvgIpc) is 2.65. The van der Waals surface area contributed by atoms with E-state index in [1.807, 2.05) is 6.07 Å². The molecule has 2 rings (SSSR count). The summed E-state index contributed by atoms with van der Waals surface area (Å²) in [5, 5.41) is 3.64. The van der Waals surface area contributed by atoms with Gasteiger partial charge in [0.1, 0.15) is 5.82 Å². The molecular formula is C17H27FN2. The molecule has 0 aromatic heterocycles. The highest BCUT2D eigenvalue weighted by atomic mass is 19.1. The van der Waals surface area contributed by atoms with E-state index in [4.69, 9.17) is 0 Å². The van der Waals surface area contributed by atoms with Crippen molar-refractivity contribution in [3.8, 4) is 0 Å². The van der Waals surface area contributed by atoms with Crippen LogP contribution in [0, 0.1) is 5.82 Å². The number of halogens is 1. The summed E-state index contributed by atoms with van der Waals surface area (Å²) in [6.07, 6.45) is 5.95. The SMILES string of the molecule is CCCN1CCCC(NCCc2cccc(F)c2)CC1. The Hall–Kier alpha value is -0.930. The van der Waals surface area contributed by atoms with E-state index >= 15 is 0 Å². The van der Waals surface area contributed by atoms with Crippen LogP contribution in [0.25, 0.3) is 0 Å². The first kappa shape index (κ1) is 15.5. The molecule has 20 heavy (non-hydrogen) atoms. The summed E-state index contributed by atoms with van der Waals surface area (Å²) in [6, 6.07) is 7.56. The molecule has 3 heteroatoms. The third-order valence-corrected chi connectivity index (χ3v) is 4.10. The molecule has 1 aromatic rings. The van der Waals surface area contributed by atoms with E-state index in [2.05, 4.69) is 17.1 Å². The molecule has 0 aliphatic carbocycles. The van der Waals surface area contributed by atoms with Gasteiger partial charge >= 0.3 is 0 Å². The molecule has 1 atom stereocenters. The summed E-state index contributed by atoms with van der Waals surface area (Å²) in [5.74, 6) is -0.132. The summed E-state index contributed by atoms with van der Waals surface area (Å²) in [5.41, 5.74) is 1.08. The lowest BCUT2D eigenvalue weighted by atomic mass is 10.1. The Bertz CT molecular complexity index is 394. The van der Waals surface area contributed by atoms with Crippen molar-refractivity contribution in [1.82, 2.24) is 10.2 Å². The number of likely N-dealkylation sites (tertiary alicyclic amines) is 1. The zero-order chi connectivity index (χ0) is 14.2. The van der Waals surface area contributed by atoms with Crippen LogP contribution in [0.3, 0.4) is 0 Å². The van der Waals surface area contributed by atoms with Crippen LogP contribution in [0.2, 0.25) is 0 Å². The molecule has 2 nitrogen and oxygen atoms in total. The van der Waals surface area contributed by atoms with Crippen LogP contribution in [0.4, 0.5) is 4.39 Å². The van der Waals surface area contributed by atoms with Crippen molar-refractivity contribution in [3.63, 3.8) is 0 Å². The molecule has 1 aliphatic rings. The van der Waals surface area contributed by atoms with Gasteiger partial charge in [0.15, 0.2) is 0 Å². The summed E-state index contributed by atoms with van der Waals surface area (Å²) < 4.78 is 13.1. The molecule has 1 aromatic carbocycles. The summed E-state index contributed by atoms with van der Waals surface area (Å²) in [7, 11) is 0. The van der Waals surface area contributed by atoms with Gasteiger partial charge in [0, 0.05) is 6.04 Å². The number of nitrogens with zero attached hydrogens (tertiary/aromatic N) is 1. The van der Waals surface area contributed by atoms with E-state index in [-0.39, 0.29) is 5.82 Å². The van der Waals surface area contributed by atoms with E-state index in [0.717, 1.165) is 18.5 Å². The minimum atomic E-state index is -0.132. The second-order valence-corrected chi connectivity index (χ2v) is 5.80. The molecule has 1 fully saturated rings. The Morgan fingerprint density at radius 3 is 3.00 bits per heavy atom. The van der Waals surface area contributed by atoms with Crippen LogP contribution in [-0.2, 0) is 6.42 Å². The van der Waals surface area contributed by atoms with Crippen LogP contribution in [0.15, 0.2) is 24.3 Å². The highest BCUT2D eigenvalue weighted by Gasteiger charge is 2.15. The quantitative estimate of drug-likeness (QED) is 0.859. The molecule has 0 amide bonds. The smallest absolute Gasteiger partial charge is 0.123 e. The maximum absolute atomic E-state index is 13.1. The van der Waals surface area contributed by atoms with E-state index in [1.54, 1.807) is 12.1 Å². The Morgan fingerprint density at radius 1 is 1.30 bits per heavy atom. The van der Waals surface area contributed by atoms with Gasteiger partial charge in [0.25, 0.3) is 0 Å². The van der Waals surface area contributed by atoms with Crippen LogP contribution >= 0.6 is 0 Å². The first-order valence-electron chi connectivity index (χ1n) is 7.98. The zero-order valence-electron chi connectivity index (χ0n) is 12.6. The van der Waals surface area contributed by atoms with Crippen LogP contribution in [0.5, 0.6) is 0 Å². The van der Waals surface area contributed by atoms with Gasteiger partial charge < -0.3 is 10.2 Å². The molecule has 1 unspecified atom stereocenters. The third-order valence-electron chi connectivity index (χ3n) is 4.10. The number of benzene rings is 1. The van der Waals surface area contributed by atoms with Gasteiger partial charge in [-0.25, -0.2) is 4.39 Å². The van der Waals surface area contributed by atoms with Crippen LogP contribution in [-0.4, -0.2) is 37.1 Å². The predicted octanol–water partition coefficient (Wildman–Crippen LogP) is 3.22. The summed E-state index contributed by atoms with van der Waals surface area (Å²) in [6.45, 7) is 6.89. The fraction of sp³-hybridized carbons (Fsp3) is 0.647. The fourth-order valence-electron chi connectivity index (χ4n) is 3.01. The lowest BCUT2D eigenvalue weighted by Gasteiger charge is -2.19. The second kappa shape index (κ2) is 8.38. The molecule has 1 heterocycles. The van der Waals surface area contributed by atoms with Crippen LogP contribution in [0.1, 0.15) is 38.2 Å². The Balaban J connectivity index is 1.69. The topological polar surface area (TPSA) is 15.3 Å². The van der Waals surface area contributed by atoms with Crippen molar-refractivity contribution in [1.29, 1.82) is 0 Å². The third kappa shape index (κ3) is 5.22. The van der Waals surface area contributed by atoms with Crippen molar-refractivity contribution in [3.05, 3.63) is 35.6 Å². The first-order valence-corrected chi connectivity index (χ1v) is 7.98. The van der Waals surface area contributed by atoms with E-state index < -0.39 is 0 Å². The Morgan fingerprint density at radius 2 is 2.20 bits per heavy atom. The van der Waals surface area contributed by atoms with Crippen molar-refractivity contribution in [2.45, 2.75) is 45.1 Å².